The van der Waals surface area contributed by atoms with Gasteiger partial charge in [-0.3, -0.25) is 4.79 Å². The first-order chi connectivity index (χ1) is 6.95. The van der Waals surface area contributed by atoms with Gasteiger partial charge in [0.25, 0.3) is 0 Å². The number of carbonyl (C=O) groups is 1. The minimum Gasteiger partial charge on any atom is -0.326 e. The Morgan fingerprint density at radius 2 is 1.87 bits per heavy atom. The van der Waals surface area contributed by atoms with Crippen molar-refractivity contribution in [3.63, 3.8) is 0 Å². The van der Waals surface area contributed by atoms with E-state index in [1.165, 1.54) is 12.5 Å². The first-order valence-corrected chi connectivity index (χ1v) is 4.97. The summed E-state index contributed by atoms with van der Waals surface area (Å²) >= 11 is 0. The molecule has 0 spiro atoms. The summed E-state index contributed by atoms with van der Waals surface area (Å²) in [6.07, 6.45) is 1.92. The van der Waals surface area contributed by atoms with E-state index in [9.17, 15) is 4.79 Å². The molecule has 2 heteroatoms. The Morgan fingerprint density at radius 1 is 1.33 bits per heavy atom. The number of nitrogens with one attached hydrogen (secondary N) is 1. The van der Waals surface area contributed by atoms with E-state index in [1.54, 1.807) is 0 Å². The number of hydrogen-bond acceptors (Lipinski definition) is 1. The molecule has 0 aliphatic carbocycles. The van der Waals surface area contributed by atoms with Crippen molar-refractivity contribution in [1.82, 2.24) is 0 Å². The van der Waals surface area contributed by atoms with Crippen LogP contribution in [0, 0.1) is 0 Å². The van der Waals surface area contributed by atoms with E-state index in [-0.39, 0.29) is 11.3 Å². The van der Waals surface area contributed by atoms with Crippen molar-refractivity contribution in [1.29, 1.82) is 0 Å². The monoisotopic (exact) mass is 203 g/mol. The maximum absolute atomic E-state index is 10.8. The lowest BCUT2D eigenvalue weighted by atomic mass is 9.85. The fourth-order valence-corrected chi connectivity index (χ4v) is 1.30. The summed E-state index contributed by atoms with van der Waals surface area (Å²) in [4.78, 5) is 10.8. The largest absolute Gasteiger partial charge is 0.326 e. The van der Waals surface area contributed by atoms with Gasteiger partial charge in [0.05, 0.1) is 0 Å². The first kappa shape index (κ1) is 11.5. The Kier molecular flexibility index (Phi) is 3.30. The highest BCUT2D eigenvalue weighted by atomic mass is 16.1. The van der Waals surface area contributed by atoms with Crippen molar-refractivity contribution in [2.24, 2.45) is 0 Å². The second-order valence-electron chi connectivity index (χ2n) is 4.18. The van der Waals surface area contributed by atoms with E-state index in [4.69, 9.17) is 0 Å². The number of rotatable bonds is 3. The van der Waals surface area contributed by atoms with Gasteiger partial charge in [-0.1, -0.05) is 32.1 Å². The number of hydrogen-bond donors (Lipinski definition) is 1. The lowest BCUT2D eigenvalue weighted by molar-refractivity contribution is -0.114. The minimum absolute atomic E-state index is 0.0330. The maximum atomic E-state index is 10.8. The zero-order chi connectivity index (χ0) is 11.5. The van der Waals surface area contributed by atoms with Gasteiger partial charge in [0.2, 0.25) is 5.91 Å². The molecule has 80 valence electrons. The van der Waals surface area contributed by atoms with Crippen LogP contribution >= 0.6 is 0 Å². The Balaban J connectivity index is 2.90. The van der Waals surface area contributed by atoms with Crippen LogP contribution in [0.2, 0.25) is 0 Å². The third kappa shape index (κ3) is 2.94. The number of benzene rings is 1. The van der Waals surface area contributed by atoms with Gasteiger partial charge in [0.1, 0.15) is 0 Å². The van der Waals surface area contributed by atoms with Crippen LogP contribution < -0.4 is 5.32 Å². The van der Waals surface area contributed by atoms with Gasteiger partial charge in [0.15, 0.2) is 0 Å². The van der Waals surface area contributed by atoms with Crippen LogP contribution in [-0.4, -0.2) is 5.91 Å². The van der Waals surface area contributed by atoms with E-state index in [0.717, 1.165) is 5.69 Å². The summed E-state index contributed by atoms with van der Waals surface area (Å²) in [5, 5.41) is 2.74. The lowest BCUT2D eigenvalue weighted by Crippen LogP contribution is -2.13. The third-order valence-corrected chi connectivity index (χ3v) is 2.46. The molecule has 0 aromatic heterocycles. The second-order valence-corrected chi connectivity index (χ2v) is 4.18. The van der Waals surface area contributed by atoms with Crippen molar-refractivity contribution in [2.75, 3.05) is 5.32 Å². The highest BCUT2D eigenvalue weighted by Crippen LogP contribution is 2.25. The predicted molar refractivity (Wildman–Crippen MR) is 64.0 cm³/mol. The molecule has 0 heterocycles. The van der Waals surface area contributed by atoms with Crippen molar-refractivity contribution < 1.29 is 4.79 Å². The van der Waals surface area contributed by atoms with Crippen LogP contribution in [0.15, 0.2) is 36.9 Å². The van der Waals surface area contributed by atoms with Crippen molar-refractivity contribution in [3.05, 3.63) is 42.5 Å². The number of allylic oxidation sites excluding steroid dienone is 1. The highest BCUT2D eigenvalue weighted by Gasteiger charge is 2.15. The van der Waals surface area contributed by atoms with E-state index in [0.29, 0.717) is 0 Å². The predicted octanol–water partition coefficient (Wildman–Crippen LogP) is 3.11. The van der Waals surface area contributed by atoms with Crippen LogP contribution in [0.4, 0.5) is 5.69 Å². The molecule has 1 aromatic rings. The van der Waals surface area contributed by atoms with Gasteiger partial charge in [-0.2, -0.15) is 0 Å². The fraction of sp³-hybridized carbons (Fsp3) is 0.308. The molecular formula is C13H17NO. The first-order valence-electron chi connectivity index (χ1n) is 4.97. The molecule has 1 amide bonds. The van der Waals surface area contributed by atoms with Gasteiger partial charge < -0.3 is 5.32 Å². The van der Waals surface area contributed by atoms with Gasteiger partial charge >= 0.3 is 0 Å². The highest BCUT2D eigenvalue weighted by molar-refractivity contribution is 5.88. The molecule has 1 aromatic carbocycles. The molecular weight excluding hydrogens is 186 g/mol. The minimum atomic E-state index is -0.0502. The fourth-order valence-electron chi connectivity index (χ4n) is 1.30. The molecule has 15 heavy (non-hydrogen) atoms. The van der Waals surface area contributed by atoms with Crippen LogP contribution in [0.1, 0.15) is 26.3 Å². The molecule has 0 saturated heterocycles. The van der Waals surface area contributed by atoms with E-state index in [1.807, 2.05) is 30.3 Å². The molecule has 0 fully saturated rings. The average molecular weight is 203 g/mol. The Hall–Kier alpha value is -1.57. The average Bonchev–Trinajstić information content (AvgIpc) is 2.18. The Morgan fingerprint density at radius 3 is 2.27 bits per heavy atom. The zero-order valence-electron chi connectivity index (χ0n) is 9.50. The van der Waals surface area contributed by atoms with E-state index in [2.05, 4.69) is 25.7 Å². The summed E-state index contributed by atoms with van der Waals surface area (Å²) in [6, 6.07) is 7.82. The van der Waals surface area contributed by atoms with E-state index < -0.39 is 0 Å². The van der Waals surface area contributed by atoms with Crippen LogP contribution in [0.3, 0.4) is 0 Å². The molecule has 0 bridgehead atoms. The molecule has 0 aliphatic rings. The summed E-state index contributed by atoms with van der Waals surface area (Å²) in [5.74, 6) is -0.0502. The molecule has 1 rings (SSSR count). The Labute approximate surface area is 91.0 Å². The lowest BCUT2D eigenvalue weighted by Gasteiger charge is -2.20. The van der Waals surface area contributed by atoms with Gasteiger partial charge in [-0.25, -0.2) is 0 Å². The zero-order valence-corrected chi connectivity index (χ0v) is 9.50. The van der Waals surface area contributed by atoms with Crippen LogP contribution in [0.25, 0.3) is 0 Å². The molecule has 0 saturated carbocycles. The molecule has 0 aliphatic heterocycles. The summed E-state index contributed by atoms with van der Waals surface area (Å²) in [7, 11) is 0. The third-order valence-electron chi connectivity index (χ3n) is 2.46. The van der Waals surface area contributed by atoms with Crippen LogP contribution in [0.5, 0.6) is 0 Å². The van der Waals surface area contributed by atoms with Crippen LogP contribution in [-0.2, 0) is 10.2 Å². The Bertz CT molecular complexity index is 363. The summed E-state index contributed by atoms with van der Waals surface area (Å²) in [5.41, 5.74) is 1.98. The van der Waals surface area contributed by atoms with Gasteiger partial charge in [-0.05, 0) is 17.7 Å². The molecule has 0 unspecified atom stereocenters. The summed E-state index contributed by atoms with van der Waals surface area (Å²) in [6.45, 7) is 9.52. The van der Waals surface area contributed by atoms with Crippen molar-refractivity contribution >= 4 is 11.6 Å². The molecule has 2 nitrogen and oxygen atoms in total. The van der Waals surface area contributed by atoms with Gasteiger partial charge in [0, 0.05) is 18.0 Å². The van der Waals surface area contributed by atoms with Crippen molar-refractivity contribution in [3.8, 4) is 0 Å². The smallest absolute Gasteiger partial charge is 0.221 e. The molecule has 1 N–H and O–H groups in total. The maximum Gasteiger partial charge on any atom is 0.221 e. The van der Waals surface area contributed by atoms with Crippen molar-refractivity contribution in [2.45, 2.75) is 26.2 Å². The SMILES string of the molecule is C=CC(C)(C)c1ccc(NC(C)=O)cc1. The standard InChI is InChI=1S/C13H17NO/c1-5-13(3,4)11-6-8-12(9-7-11)14-10(2)15/h5-9H,1H2,2-4H3,(H,14,15). The topological polar surface area (TPSA) is 29.1 Å². The number of anilines is 1. The normalized spacial score (nSPS) is 10.9. The molecule has 0 atom stereocenters. The van der Waals surface area contributed by atoms with Gasteiger partial charge in [-0.15, -0.1) is 6.58 Å². The number of amides is 1. The second kappa shape index (κ2) is 4.30. The number of carbonyl (C=O) groups excluding carboxylic acids is 1. The quantitative estimate of drug-likeness (QED) is 0.751. The summed E-state index contributed by atoms with van der Waals surface area (Å²) < 4.78 is 0. The van der Waals surface area contributed by atoms with E-state index >= 15 is 0 Å². The molecule has 0 radical (unpaired) electrons.